The summed E-state index contributed by atoms with van der Waals surface area (Å²) in [6.45, 7) is 11.9. The van der Waals surface area contributed by atoms with Crippen LogP contribution in [0.2, 0.25) is 0 Å². The SMILES string of the molecule is CCC(CC)C(=O)N(C)Cc1c(C)nn(CC)c1C. The summed E-state index contributed by atoms with van der Waals surface area (Å²) in [4.78, 5) is 14.1. The summed E-state index contributed by atoms with van der Waals surface area (Å²) in [6, 6.07) is 0. The molecule has 0 spiro atoms. The van der Waals surface area contributed by atoms with E-state index in [0.29, 0.717) is 6.54 Å². The predicted molar refractivity (Wildman–Crippen MR) is 77.9 cm³/mol. The Hall–Kier alpha value is -1.32. The van der Waals surface area contributed by atoms with Gasteiger partial charge in [-0.05, 0) is 33.6 Å². The number of carbonyl (C=O) groups is 1. The largest absolute Gasteiger partial charge is 0.341 e. The zero-order valence-electron chi connectivity index (χ0n) is 13.2. The molecule has 0 aliphatic rings. The minimum atomic E-state index is 0.145. The van der Waals surface area contributed by atoms with Gasteiger partial charge in [-0.2, -0.15) is 5.10 Å². The summed E-state index contributed by atoms with van der Waals surface area (Å²) >= 11 is 0. The first-order chi connectivity index (χ1) is 8.96. The van der Waals surface area contributed by atoms with E-state index < -0.39 is 0 Å². The summed E-state index contributed by atoms with van der Waals surface area (Å²) in [5, 5.41) is 4.50. The second-order valence-corrected chi connectivity index (χ2v) is 5.17. The highest BCUT2D eigenvalue weighted by Gasteiger charge is 2.21. The molecular formula is C15H27N3O. The molecule has 0 saturated carbocycles. The van der Waals surface area contributed by atoms with E-state index in [1.807, 2.05) is 23.6 Å². The number of nitrogens with zero attached hydrogens (tertiary/aromatic N) is 3. The Morgan fingerprint density at radius 3 is 2.26 bits per heavy atom. The highest BCUT2D eigenvalue weighted by atomic mass is 16.2. The quantitative estimate of drug-likeness (QED) is 0.793. The summed E-state index contributed by atoms with van der Waals surface area (Å²) in [5.41, 5.74) is 3.39. The molecule has 1 aromatic rings. The standard InChI is InChI=1S/C15H27N3O/c1-7-13(8-2)15(19)17(6)10-14-11(4)16-18(9-3)12(14)5/h13H,7-10H2,1-6H3. The van der Waals surface area contributed by atoms with Crippen molar-refractivity contribution in [3.05, 3.63) is 17.0 Å². The number of aromatic nitrogens is 2. The van der Waals surface area contributed by atoms with E-state index in [2.05, 4.69) is 32.8 Å². The number of hydrogen-bond acceptors (Lipinski definition) is 2. The molecular weight excluding hydrogens is 238 g/mol. The lowest BCUT2D eigenvalue weighted by Crippen LogP contribution is -2.32. The zero-order valence-corrected chi connectivity index (χ0v) is 13.2. The molecule has 0 bridgehead atoms. The van der Waals surface area contributed by atoms with Crippen LogP contribution >= 0.6 is 0 Å². The highest BCUT2D eigenvalue weighted by molar-refractivity contribution is 5.78. The second-order valence-electron chi connectivity index (χ2n) is 5.17. The molecule has 19 heavy (non-hydrogen) atoms. The fourth-order valence-electron chi connectivity index (χ4n) is 2.54. The van der Waals surface area contributed by atoms with E-state index >= 15 is 0 Å². The molecule has 0 aromatic carbocycles. The summed E-state index contributed by atoms with van der Waals surface area (Å²) in [7, 11) is 1.89. The lowest BCUT2D eigenvalue weighted by Gasteiger charge is -2.22. The fraction of sp³-hybridized carbons (Fsp3) is 0.733. The van der Waals surface area contributed by atoms with Crippen LogP contribution in [0.4, 0.5) is 0 Å². The minimum absolute atomic E-state index is 0.145. The first-order valence-electron chi connectivity index (χ1n) is 7.23. The van der Waals surface area contributed by atoms with E-state index in [1.165, 1.54) is 11.3 Å². The van der Waals surface area contributed by atoms with Crippen LogP contribution in [0.5, 0.6) is 0 Å². The van der Waals surface area contributed by atoms with E-state index in [-0.39, 0.29) is 11.8 Å². The zero-order chi connectivity index (χ0) is 14.6. The van der Waals surface area contributed by atoms with Gasteiger partial charge >= 0.3 is 0 Å². The van der Waals surface area contributed by atoms with Crippen LogP contribution in [-0.2, 0) is 17.9 Å². The first-order valence-corrected chi connectivity index (χ1v) is 7.23. The van der Waals surface area contributed by atoms with Gasteiger partial charge in [0.2, 0.25) is 5.91 Å². The van der Waals surface area contributed by atoms with Crippen LogP contribution < -0.4 is 0 Å². The van der Waals surface area contributed by atoms with Gasteiger partial charge in [0.25, 0.3) is 0 Å². The maximum Gasteiger partial charge on any atom is 0.225 e. The normalized spacial score (nSPS) is 11.1. The molecule has 0 fully saturated rings. The molecule has 0 unspecified atom stereocenters. The third kappa shape index (κ3) is 3.37. The van der Waals surface area contributed by atoms with Gasteiger partial charge < -0.3 is 4.90 Å². The maximum absolute atomic E-state index is 12.3. The highest BCUT2D eigenvalue weighted by Crippen LogP contribution is 2.18. The molecule has 1 heterocycles. The summed E-state index contributed by atoms with van der Waals surface area (Å²) in [6.07, 6.45) is 1.82. The van der Waals surface area contributed by atoms with Crippen LogP contribution in [0.15, 0.2) is 0 Å². The Bertz CT molecular complexity index is 433. The van der Waals surface area contributed by atoms with E-state index in [0.717, 1.165) is 25.1 Å². The van der Waals surface area contributed by atoms with Gasteiger partial charge in [0.15, 0.2) is 0 Å². The number of aryl methyl sites for hydroxylation is 2. The van der Waals surface area contributed by atoms with Gasteiger partial charge in [0, 0.05) is 37.3 Å². The molecule has 108 valence electrons. The van der Waals surface area contributed by atoms with Crippen molar-refractivity contribution >= 4 is 5.91 Å². The average Bonchev–Trinajstić information content (AvgIpc) is 2.67. The molecule has 0 atom stereocenters. The number of hydrogen-bond donors (Lipinski definition) is 0. The van der Waals surface area contributed by atoms with Gasteiger partial charge in [-0.1, -0.05) is 13.8 Å². The topological polar surface area (TPSA) is 38.1 Å². The van der Waals surface area contributed by atoms with Crippen molar-refractivity contribution < 1.29 is 4.79 Å². The van der Waals surface area contributed by atoms with Crippen LogP contribution in [0, 0.1) is 19.8 Å². The number of rotatable bonds is 6. The van der Waals surface area contributed by atoms with Gasteiger partial charge in [0.05, 0.1) is 5.69 Å². The molecule has 0 N–H and O–H groups in total. The van der Waals surface area contributed by atoms with E-state index in [1.54, 1.807) is 0 Å². The van der Waals surface area contributed by atoms with E-state index in [4.69, 9.17) is 0 Å². The van der Waals surface area contributed by atoms with Gasteiger partial charge in [-0.25, -0.2) is 0 Å². The summed E-state index contributed by atoms with van der Waals surface area (Å²) in [5.74, 6) is 0.389. The average molecular weight is 265 g/mol. The van der Waals surface area contributed by atoms with Crippen molar-refractivity contribution in [1.29, 1.82) is 0 Å². The lowest BCUT2D eigenvalue weighted by atomic mass is 10.0. The van der Waals surface area contributed by atoms with Gasteiger partial charge in [-0.15, -0.1) is 0 Å². The number of carbonyl (C=O) groups excluding carboxylic acids is 1. The van der Waals surface area contributed by atoms with Crippen LogP contribution in [-0.4, -0.2) is 27.6 Å². The Labute approximate surface area is 116 Å². The summed E-state index contributed by atoms with van der Waals surface area (Å²) < 4.78 is 2.00. The molecule has 0 aliphatic heterocycles. The molecule has 1 aromatic heterocycles. The third-order valence-electron chi connectivity index (χ3n) is 3.94. The third-order valence-corrected chi connectivity index (χ3v) is 3.94. The lowest BCUT2D eigenvalue weighted by molar-refractivity contribution is -0.134. The van der Waals surface area contributed by atoms with E-state index in [9.17, 15) is 4.79 Å². The molecule has 0 saturated heterocycles. The Morgan fingerprint density at radius 2 is 1.84 bits per heavy atom. The van der Waals surface area contributed by atoms with Crippen molar-refractivity contribution in [3.63, 3.8) is 0 Å². The maximum atomic E-state index is 12.3. The van der Waals surface area contributed by atoms with Crippen molar-refractivity contribution in [1.82, 2.24) is 14.7 Å². The Morgan fingerprint density at radius 1 is 1.26 bits per heavy atom. The monoisotopic (exact) mass is 265 g/mol. The minimum Gasteiger partial charge on any atom is -0.341 e. The predicted octanol–water partition coefficient (Wildman–Crippen LogP) is 2.91. The molecule has 0 radical (unpaired) electrons. The smallest absolute Gasteiger partial charge is 0.225 e. The second kappa shape index (κ2) is 6.73. The first kappa shape index (κ1) is 15.7. The van der Waals surface area contributed by atoms with Crippen LogP contribution in [0.25, 0.3) is 0 Å². The molecule has 4 nitrogen and oxygen atoms in total. The number of amides is 1. The Kier molecular flexibility index (Phi) is 5.58. The molecule has 4 heteroatoms. The van der Waals surface area contributed by atoms with Crippen molar-refractivity contribution in [2.24, 2.45) is 5.92 Å². The van der Waals surface area contributed by atoms with Crippen LogP contribution in [0.1, 0.15) is 50.6 Å². The van der Waals surface area contributed by atoms with Gasteiger partial charge in [0.1, 0.15) is 0 Å². The van der Waals surface area contributed by atoms with Crippen molar-refractivity contribution in [2.45, 2.75) is 60.5 Å². The van der Waals surface area contributed by atoms with Crippen LogP contribution in [0.3, 0.4) is 0 Å². The van der Waals surface area contributed by atoms with Crippen molar-refractivity contribution in [2.75, 3.05) is 7.05 Å². The van der Waals surface area contributed by atoms with Gasteiger partial charge in [-0.3, -0.25) is 9.48 Å². The molecule has 0 aliphatic carbocycles. The molecule has 1 rings (SSSR count). The van der Waals surface area contributed by atoms with Crippen molar-refractivity contribution in [3.8, 4) is 0 Å². The Balaban J connectivity index is 2.85. The fourth-order valence-corrected chi connectivity index (χ4v) is 2.54. The molecule has 1 amide bonds.